The quantitative estimate of drug-likeness (QED) is 0.666. The minimum absolute atomic E-state index is 0.632. The molecule has 0 heteroatoms. The summed E-state index contributed by atoms with van der Waals surface area (Å²) in [6.45, 7) is 9.21. The largest absolute Gasteiger partial charge is 0.0759 e. The normalized spacial score (nSPS) is 22.1. The second-order valence-corrected chi connectivity index (χ2v) is 5.96. The van der Waals surface area contributed by atoms with Gasteiger partial charge in [-0.25, -0.2) is 0 Å². The van der Waals surface area contributed by atoms with Crippen LogP contribution in [0.4, 0.5) is 0 Å². The first-order valence-corrected chi connectivity index (χ1v) is 7.24. The van der Waals surface area contributed by atoms with Gasteiger partial charge in [0.25, 0.3) is 0 Å². The van der Waals surface area contributed by atoms with Gasteiger partial charge in [0.1, 0.15) is 0 Å². The van der Waals surface area contributed by atoms with E-state index in [1.165, 1.54) is 22.3 Å². The minimum atomic E-state index is 0.632. The van der Waals surface area contributed by atoms with Crippen molar-refractivity contribution in [2.45, 2.75) is 40.5 Å². The molecule has 0 radical (unpaired) electrons. The number of hydrogen-bond acceptors (Lipinski definition) is 0. The van der Waals surface area contributed by atoms with Gasteiger partial charge >= 0.3 is 0 Å². The smallest absolute Gasteiger partial charge is 0.00151 e. The van der Waals surface area contributed by atoms with E-state index in [-0.39, 0.29) is 0 Å². The lowest BCUT2D eigenvalue weighted by molar-refractivity contribution is 0.813. The molecule has 19 heavy (non-hydrogen) atoms. The topological polar surface area (TPSA) is 0 Å². The van der Waals surface area contributed by atoms with Gasteiger partial charge in [-0.05, 0) is 67.4 Å². The average Bonchev–Trinajstić information content (AvgIpc) is 2.91. The van der Waals surface area contributed by atoms with E-state index in [2.05, 4.69) is 58.0 Å². The van der Waals surface area contributed by atoms with E-state index in [0.29, 0.717) is 5.92 Å². The zero-order valence-electron chi connectivity index (χ0n) is 12.4. The first-order chi connectivity index (χ1) is 9.09. The van der Waals surface area contributed by atoms with Crippen LogP contribution in [-0.4, -0.2) is 0 Å². The molecule has 0 fully saturated rings. The standard InChI is InChI=1S/C19H22/c1-12-13(2)15(4)19(14(12)3)11-17-10-9-16-7-5-6-8-18(16)17/h5-8,10,12H,9,11H2,1-4H3. The Kier molecular flexibility index (Phi) is 2.97. The van der Waals surface area contributed by atoms with Crippen molar-refractivity contribution in [1.82, 2.24) is 0 Å². The van der Waals surface area contributed by atoms with Crippen LogP contribution in [0.25, 0.3) is 5.57 Å². The highest BCUT2D eigenvalue weighted by atomic mass is 14.3. The molecular weight excluding hydrogens is 228 g/mol. The molecule has 0 spiro atoms. The lowest BCUT2D eigenvalue weighted by Gasteiger charge is -2.10. The monoisotopic (exact) mass is 250 g/mol. The summed E-state index contributed by atoms with van der Waals surface area (Å²) in [4.78, 5) is 0. The van der Waals surface area contributed by atoms with E-state index in [1.54, 1.807) is 16.7 Å². The third-order valence-electron chi connectivity index (χ3n) is 5.12. The fourth-order valence-electron chi connectivity index (χ4n) is 3.43. The second kappa shape index (κ2) is 4.52. The van der Waals surface area contributed by atoms with Gasteiger partial charge in [-0.3, -0.25) is 0 Å². The highest BCUT2D eigenvalue weighted by Crippen LogP contribution is 2.42. The van der Waals surface area contributed by atoms with Gasteiger partial charge in [-0.1, -0.05) is 48.4 Å². The number of fused-ring (bicyclic) bond motifs is 1. The number of benzene rings is 1. The fourth-order valence-corrected chi connectivity index (χ4v) is 3.43. The summed E-state index contributed by atoms with van der Waals surface area (Å²) in [5.74, 6) is 0.632. The molecular formula is C19H22. The van der Waals surface area contributed by atoms with Gasteiger partial charge in [-0.15, -0.1) is 0 Å². The first kappa shape index (κ1) is 12.5. The maximum absolute atomic E-state index is 2.41. The average molecular weight is 250 g/mol. The third-order valence-corrected chi connectivity index (χ3v) is 5.12. The Bertz CT molecular complexity index is 623. The van der Waals surface area contributed by atoms with Crippen LogP contribution >= 0.6 is 0 Å². The van der Waals surface area contributed by atoms with E-state index < -0.39 is 0 Å². The van der Waals surface area contributed by atoms with Crippen LogP contribution in [0.3, 0.4) is 0 Å². The molecule has 2 aliphatic rings. The van der Waals surface area contributed by atoms with Gasteiger partial charge in [0.15, 0.2) is 0 Å². The maximum atomic E-state index is 2.41. The minimum Gasteiger partial charge on any atom is -0.0759 e. The number of hydrogen-bond donors (Lipinski definition) is 0. The molecule has 0 saturated heterocycles. The van der Waals surface area contributed by atoms with Crippen LogP contribution in [0, 0.1) is 5.92 Å². The Hall–Kier alpha value is -1.56. The lowest BCUT2D eigenvalue weighted by atomic mass is 9.94. The number of rotatable bonds is 2. The van der Waals surface area contributed by atoms with Crippen LogP contribution in [0.15, 0.2) is 52.6 Å². The van der Waals surface area contributed by atoms with Crippen molar-refractivity contribution in [2.75, 3.05) is 0 Å². The van der Waals surface area contributed by atoms with Crippen LogP contribution in [0.2, 0.25) is 0 Å². The van der Waals surface area contributed by atoms with Crippen molar-refractivity contribution >= 4 is 5.57 Å². The third kappa shape index (κ3) is 1.90. The van der Waals surface area contributed by atoms with Gasteiger partial charge in [0.05, 0.1) is 0 Å². The Balaban J connectivity index is 1.93. The Morgan fingerprint density at radius 1 is 1.05 bits per heavy atom. The van der Waals surface area contributed by atoms with Crippen molar-refractivity contribution in [1.29, 1.82) is 0 Å². The first-order valence-electron chi connectivity index (χ1n) is 7.24. The van der Waals surface area contributed by atoms with Gasteiger partial charge in [0.2, 0.25) is 0 Å². The van der Waals surface area contributed by atoms with Crippen molar-refractivity contribution in [3.8, 4) is 0 Å². The summed E-state index contributed by atoms with van der Waals surface area (Å²) in [6.07, 6.45) is 4.63. The summed E-state index contributed by atoms with van der Waals surface area (Å²) in [5, 5.41) is 0. The molecule has 98 valence electrons. The Morgan fingerprint density at radius 3 is 2.47 bits per heavy atom. The fraction of sp³-hybridized carbons (Fsp3) is 0.368. The predicted molar refractivity (Wildman–Crippen MR) is 83.0 cm³/mol. The van der Waals surface area contributed by atoms with Crippen LogP contribution in [0.1, 0.15) is 45.2 Å². The summed E-state index contributed by atoms with van der Waals surface area (Å²) in [6, 6.07) is 8.83. The molecule has 0 aromatic heterocycles. The molecule has 0 heterocycles. The van der Waals surface area contributed by atoms with Gasteiger partial charge < -0.3 is 0 Å². The van der Waals surface area contributed by atoms with Crippen LogP contribution < -0.4 is 0 Å². The van der Waals surface area contributed by atoms with E-state index in [0.717, 1.165) is 12.8 Å². The molecule has 1 unspecified atom stereocenters. The SMILES string of the molecule is CC1=C(C)C(C)C(C)=C1CC1=CCc2ccccc21. The second-order valence-electron chi connectivity index (χ2n) is 5.96. The summed E-state index contributed by atoms with van der Waals surface area (Å²) in [7, 11) is 0. The van der Waals surface area contributed by atoms with Crippen molar-refractivity contribution < 1.29 is 0 Å². The molecule has 1 atom stereocenters. The molecule has 0 amide bonds. The maximum Gasteiger partial charge on any atom is -0.00151 e. The van der Waals surface area contributed by atoms with E-state index in [4.69, 9.17) is 0 Å². The molecule has 3 rings (SSSR count). The van der Waals surface area contributed by atoms with E-state index in [9.17, 15) is 0 Å². The lowest BCUT2D eigenvalue weighted by Crippen LogP contribution is -1.93. The van der Waals surface area contributed by atoms with Crippen molar-refractivity contribution in [3.05, 3.63) is 63.8 Å². The van der Waals surface area contributed by atoms with Gasteiger partial charge in [-0.2, -0.15) is 0 Å². The summed E-state index contributed by atoms with van der Waals surface area (Å²) in [5.41, 5.74) is 10.7. The van der Waals surface area contributed by atoms with Gasteiger partial charge in [0, 0.05) is 0 Å². The molecule has 1 aromatic carbocycles. The van der Waals surface area contributed by atoms with Crippen molar-refractivity contribution in [3.63, 3.8) is 0 Å². The molecule has 0 aliphatic heterocycles. The van der Waals surface area contributed by atoms with Crippen LogP contribution in [0.5, 0.6) is 0 Å². The predicted octanol–water partition coefficient (Wildman–Crippen LogP) is 5.32. The van der Waals surface area contributed by atoms with E-state index in [1.807, 2.05) is 0 Å². The molecule has 0 bridgehead atoms. The number of allylic oxidation sites excluding steroid dienone is 6. The highest BCUT2D eigenvalue weighted by molar-refractivity contribution is 5.76. The molecule has 2 aliphatic carbocycles. The van der Waals surface area contributed by atoms with E-state index >= 15 is 0 Å². The zero-order valence-corrected chi connectivity index (χ0v) is 12.4. The Labute approximate surface area is 116 Å². The molecule has 0 N–H and O–H groups in total. The molecule has 0 nitrogen and oxygen atoms in total. The summed E-state index contributed by atoms with van der Waals surface area (Å²) >= 11 is 0. The Morgan fingerprint density at radius 2 is 1.79 bits per heavy atom. The highest BCUT2D eigenvalue weighted by Gasteiger charge is 2.24. The van der Waals surface area contributed by atoms with Crippen molar-refractivity contribution in [2.24, 2.45) is 5.92 Å². The zero-order chi connectivity index (χ0) is 13.6. The summed E-state index contributed by atoms with van der Waals surface area (Å²) < 4.78 is 0. The van der Waals surface area contributed by atoms with Crippen LogP contribution in [-0.2, 0) is 6.42 Å². The molecule has 0 saturated carbocycles. The molecule has 1 aromatic rings.